The molecule has 2 aromatic rings. The van der Waals surface area contributed by atoms with Crippen LogP contribution in [0, 0.1) is 6.92 Å². The van der Waals surface area contributed by atoms with E-state index in [9.17, 15) is 9.59 Å². The summed E-state index contributed by atoms with van der Waals surface area (Å²) in [6.45, 7) is 7.60. The molecule has 154 valence electrons. The fourth-order valence-electron chi connectivity index (χ4n) is 3.10. The molecule has 1 aromatic carbocycles. The maximum atomic E-state index is 12.4. The SMILES string of the molecule is CCN(CC(=O)Nc1ccc(N2CCOCC2)cc1)C(=O)C=Cc1ccc(C)s1. The Morgan fingerprint density at radius 2 is 1.90 bits per heavy atom. The molecule has 1 fully saturated rings. The number of morpholine rings is 1. The molecule has 1 aliphatic heterocycles. The molecule has 1 aliphatic rings. The minimum atomic E-state index is -0.209. The Bertz CT molecular complexity index is 854. The van der Waals surface area contributed by atoms with Gasteiger partial charge in [0.25, 0.3) is 0 Å². The largest absolute Gasteiger partial charge is 0.378 e. The summed E-state index contributed by atoms with van der Waals surface area (Å²) in [5.74, 6) is -0.379. The van der Waals surface area contributed by atoms with Crippen LogP contribution >= 0.6 is 11.3 Å². The quantitative estimate of drug-likeness (QED) is 0.707. The lowest BCUT2D eigenvalue weighted by atomic mass is 10.2. The van der Waals surface area contributed by atoms with Gasteiger partial charge in [-0.15, -0.1) is 11.3 Å². The maximum absolute atomic E-state index is 12.4. The van der Waals surface area contributed by atoms with Gasteiger partial charge < -0.3 is 19.9 Å². The van der Waals surface area contributed by atoms with Crippen molar-refractivity contribution in [3.63, 3.8) is 0 Å². The molecule has 2 amide bonds. The summed E-state index contributed by atoms with van der Waals surface area (Å²) in [5, 5.41) is 2.87. The van der Waals surface area contributed by atoms with Crippen LogP contribution in [0.15, 0.2) is 42.5 Å². The summed E-state index contributed by atoms with van der Waals surface area (Å²) in [5.41, 5.74) is 1.84. The predicted octanol–water partition coefficient (Wildman–Crippen LogP) is 3.39. The second-order valence-electron chi connectivity index (χ2n) is 6.83. The van der Waals surface area contributed by atoms with E-state index in [1.807, 2.05) is 50.2 Å². The van der Waals surface area contributed by atoms with Crippen LogP contribution in [0.4, 0.5) is 11.4 Å². The molecule has 3 rings (SSSR count). The van der Waals surface area contributed by atoms with Crippen molar-refractivity contribution in [2.75, 3.05) is 49.6 Å². The Morgan fingerprint density at radius 1 is 1.17 bits per heavy atom. The summed E-state index contributed by atoms with van der Waals surface area (Å²) in [6, 6.07) is 11.8. The summed E-state index contributed by atoms with van der Waals surface area (Å²) < 4.78 is 5.37. The van der Waals surface area contributed by atoms with Crippen LogP contribution in [0.5, 0.6) is 0 Å². The van der Waals surface area contributed by atoms with E-state index in [0.717, 1.165) is 42.6 Å². The molecule has 1 N–H and O–H groups in total. The van der Waals surface area contributed by atoms with Gasteiger partial charge in [0, 0.05) is 46.8 Å². The fourth-order valence-corrected chi connectivity index (χ4v) is 3.88. The number of ether oxygens (including phenoxy) is 1. The van der Waals surface area contributed by atoms with Gasteiger partial charge in [0.15, 0.2) is 0 Å². The molecule has 0 bridgehead atoms. The summed E-state index contributed by atoms with van der Waals surface area (Å²) in [7, 11) is 0. The Hall–Kier alpha value is -2.64. The number of carbonyl (C=O) groups is 2. The number of rotatable bonds is 7. The van der Waals surface area contributed by atoms with Gasteiger partial charge in [-0.05, 0) is 56.3 Å². The van der Waals surface area contributed by atoms with E-state index in [-0.39, 0.29) is 18.4 Å². The van der Waals surface area contributed by atoms with Crippen LogP contribution in [-0.4, -0.2) is 56.1 Å². The molecule has 29 heavy (non-hydrogen) atoms. The zero-order valence-corrected chi connectivity index (χ0v) is 17.7. The van der Waals surface area contributed by atoms with Crippen LogP contribution in [0.1, 0.15) is 16.7 Å². The van der Waals surface area contributed by atoms with Crippen LogP contribution in [-0.2, 0) is 14.3 Å². The Morgan fingerprint density at radius 3 is 2.52 bits per heavy atom. The molecule has 2 heterocycles. The van der Waals surface area contributed by atoms with Gasteiger partial charge in [-0.1, -0.05) is 0 Å². The van der Waals surface area contributed by atoms with E-state index in [1.165, 1.54) is 15.9 Å². The fraction of sp³-hybridized carbons (Fsp3) is 0.364. The standard InChI is InChI=1S/C22H27N3O3S/c1-3-24(22(27)11-10-20-9-4-17(2)29-20)16-21(26)23-18-5-7-19(8-6-18)25-12-14-28-15-13-25/h4-11H,3,12-16H2,1-2H3,(H,23,26). The van der Waals surface area contributed by atoms with Crippen LogP contribution in [0.2, 0.25) is 0 Å². The topological polar surface area (TPSA) is 61.9 Å². The number of likely N-dealkylation sites (N-methyl/N-ethyl adjacent to an activating group) is 1. The number of hydrogen-bond acceptors (Lipinski definition) is 5. The van der Waals surface area contributed by atoms with E-state index in [2.05, 4.69) is 10.2 Å². The third-order valence-corrected chi connectivity index (χ3v) is 5.67. The van der Waals surface area contributed by atoms with Gasteiger partial charge in [0.2, 0.25) is 11.8 Å². The first kappa shape index (κ1) is 21.1. The van der Waals surface area contributed by atoms with Crippen LogP contribution < -0.4 is 10.2 Å². The highest BCUT2D eigenvalue weighted by molar-refractivity contribution is 7.12. The van der Waals surface area contributed by atoms with Gasteiger partial charge in [-0.25, -0.2) is 0 Å². The van der Waals surface area contributed by atoms with Gasteiger partial charge in [-0.3, -0.25) is 9.59 Å². The average Bonchev–Trinajstić information content (AvgIpc) is 3.16. The number of thiophene rings is 1. The van der Waals surface area contributed by atoms with Gasteiger partial charge in [0.1, 0.15) is 6.54 Å². The number of aryl methyl sites for hydroxylation is 1. The number of nitrogens with one attached hydrogen (secondary N) is 1. The lowest BCUT2D eigenvalue weighted by Gasteiger charge is -2.29. The number of anilines is 2. The van der Waals surface area contributed by atoms with Gasteiger partial charge in [0.05, 0.1) is 13.2 Å². The Labute approximate surface area is 175 Å². The van der Waals surface area contributed by atoms with Crippen molar-refractivity contribution in [3.8, 4) is 0 Å². The lowest BCUT2D eigenvalue weighted by Crippen LogP contribution is -2.37. The highest BCUT2D eigenvalue weighted by Gasteiger charge is 2.14. The Balaban J connectivity index is 1.52. The highest BCUT2D eigenvalue weighted by atomic mass is 32.1. The van der Waals surface area contributed by atoms with Crippen molar-refractivity contribution in [2.45, 2.75) is 13.8 Å². The first-order valence-corrected chi connectivity index (χ1v) is 10.6. The van der Waals surface area contributed by atoms with Crippen molar-refractivity contribution in [1.29, 1.82) is 0 Å². The average molecular weight is 414 g/mol. The third kappa shape index (κ3) is 6.17. The van der Waals surface area contributed by atoms with E-state index in [0.29, 0.717) is 6.54 Å². The maximum Gasteiger partial charge on any atom is 0.247 e. The second kappa shape index (κ2) is 10.2. The second-order valence-corrected chi connectivity index (χ2v) is 8.15. The minimum Gasteiger partial charge on any atom is -0.378 e. The van der Waals surface area contributed by atoms with Crippen molar-refractivity contribution in [3.05, 3.63) is 52.2 Å². The Kier molecular flexibility index (Phi) is 7.43. The minimum absolute atomic E-state index is 0.0222. The molecular formula is C22H27N3O3S. The first-order chi connectivity index (χ1) is 14.0. The zero-order valence-electron chi connectivity index (χ0n) is 16.9. The smallest absolute Gasteiger partial charge is 0.247 e. The molecule has 0 spiro atoms. The molecule has 6 nitrogen and oxygen atoms in total. The van der Waals surface area contributed by atoms with Crippen molar-refractivity contribution in [2.24, 2.45) is 0 Å². The van der Waals surface area contributed by atoms with E-state index in [1.54, 1.807) is 17.4 Å². The van der Waals surface area contributed by atoms with Crippen LogP contribution in [0.25, 0.3) is 6.08 Å². The van der Waals surface area contributed by atoms with E-state index in [4.69, 9.17) is 4.74 Å². The van der Waals surface area contributed by atoms with Gasteiger partial charge in [-0.2, -0.15) is 0 Å². The zero-order chi connectivity index (χ0) is 20.6. The molecule has 0 radical (unpaired) electrons. The molecule has 7 heteroatoms. The van der Waals surface area contributed by atoms with E-state index >= 15 is 0 Å². The van der Waals surface area contributed by atoms with Crippen molar-refractivity contribution < 1.29 is 14.3 Å². The lowest BCUT2D eigenvalue weighted by molar-refractivity contribution is -0.130. The third-order valence-electron chi connectivity index (χ3n) is 4.71. The summed E-state index contributed by atoms with van der Waals surface area (Å²) in [6.07, 6.45) is 3.32. The highest BCUT2D eigenvalue weighted by Crippen LogP contribution is 2.19. The number of carbonyl (C=O) groups excluding carboxylic acids is 2. The number of nitrogens with zero attached hydrogens (tertiary/aromatic N) is 2. The predicted molar refractivity (Wildman–Crippen MR) is 118 cm³/mol. The number of hydrogen-bond donors (Lipinski definition) is 1. The molecule has 1 aromatic heterocycles. The summed E-state index contributed by atoms with van der Waals surface area (Å²) >= 11 is 1.63. The molecule has 1 saturated heterocycles. The van der Waals surface area contributed by atoms with Crippen molar-refractivity contribution in [1.82, 2.24) is 4.90 Å². The molecule has 0 saturated carbocycles. The van der Waals surface area contributed by atoms with Crippen LogP contribution in [0.3, 0.4) is 0 Å². The molecule has 0 unspecified atom stereocenters. The number of amides is 2. The molecular weight excluding hydrogens is 386 g/mol. The van der Waals surface area contributed by atoms with E-state index < -0.39 is 0 Å². The summed E-state index contributed by atoms with van der Waals surface area (Å²) in [4.78, 5) is 30.8. The first-order valence-electron chi connectivity index (χ1n) is 9.81. The van der Waals surface area contributed by atoms with Crippen molar-refractivity contribution >= 4 is 40.6 Å². The number of benzene rings is 1. The normalized spacial score (nSPS) is 14.2. The van der Waals surface area contributed by atoms with Gasteiger partial charge >= 0.3 is 0 Å². The monoisotopic (exact) mass is 413 g/mol. The molecule has 0 aliphatic carbocycles. The molecule has 0 atom stereocenters.